The van der Waals surface area contributed by atoms with Gasteiger partial charge in [-0.15, -0.1) is 11.3 Å². The molecule has 28 heavy (non-hydrogen) atoms. The molecule has 0 fully saturated rings. The van der Waals surface area contributed by atoms with E-state index in [1.165, 1.54) is 27.8 Å². The Kier molecular flexibility index (Phi) is 5.25. The first-order valence-electron chi connectivity index (χ1n) is 8.66. The zero-order chi connectivity index (χ0) is 19.7. The van der Waals surface area contributed by atoms with Gasteiger partial charge < -0.3 is 5.32 Å². The van der Waals surface area contributed by atoms with E-state index in [1.54, 1.807) is 18.2 Å². The molecule has 0 saturated carbocycles. The van der Waals surface area contributed by atoms with Gasteiger partial charge in [-0.3, -0.25) is 4.79 Å². The van der Waals surface area contributed by atoms with Gasteiger partial charge in [-0.1, -0.05) is 23.7 Å². The SMILES string of the molecule is O=C(Nc1ccc2c(c1)CN(S(=O)(=O)c1ccc(Cl)cc1)CC2)c1cccs1. The number of carbonyl (C=O) groups excluding carboxylic acids is 1. The number of sulfonamides is 1. The molecule has 0 aliphatic carbocycles. The highest BCUT2D eigenvalue weighted by Gasteiger charge is 2.28. The van der Waals surface area contributed by atoms with E-state index in [9.17, 15) is 13.2 Å². The summed E-state index contributed by atoms with van der Waals surface area (Å²) in [5, 5.41) is 5.22. The van der Waals surface area contributed by atoms with Crippen molar-refractivity contribution in [3.05, 3.63) is 81.0 Å². The van der Waals surface area contributed by atoms with Crippen molar-refractivity contribution in [2.75, 3.05) is 11.9 Å². The number of hydrogen-bond acceptors (Lipinski definition) is 4. The Balaban J connectivity index is 1.56. The van der Waals surface area contributed by atoms with Gasteiger partial charge in [-0.05, 0) is 65.4 Å². The average Bonchev–Trinajstić information content (AvgIpc) is 3.23. The minimum Gasteiger partial charge on any atom is -0.321 e. The molecule has 0 radical (unpaired) electrons. The molecule has 1 N–H and O–H groups in total. The van der Waals surface area contributed by atoms with Gasteiger partial charge in [0.05, 0.1) is 9.77 Å². The lowest BCUT2D eigenvalue weighted by molar-refractivity contribution is 0.103. The van der Waals surface area contributed by atoms with Gasteiger partial charge in [0.15, 0.2) is 0 Å². The summed E-state index contributed by atoms with van der Waals surface area (Å²) in [6.07, 6.45) is 0.626. The molecule has 0 unspecified atom stereocenters. The fourth-order valence-electron chi connectivity index (χ4n) is 3.17. The molecule has 1 amide bonds. The lowest BCUT2D eigenvalue weighted by Crippen LogP contribution is -2.36. The van der Waals surface area contributed by atoms with Gasteiger partial charge in [0, 0.05) is 23.8 Å². The number of nitrogens with one attached hydrogen (secondary N) is 1. The minimum atomic E-state index is -3.60. The lowest BCUT2D eigenvalue weighted by atomic mass is 10.0. The van der Waals surface area contributed by atoms with E-state index in [0.717, 1.165) is 11.1 Å². The maximum Gasteiger partial charge on any atom is 0.265 e. The monoisotopic (exact) mass is 432 g/mol. The maximum absolute atomic E-state index is 12.9. The summed E-state index contributed by atoms with van der Waals surface area (Å²) < 4.78 is 27.3. The molecule has 2 aromatic carbocycles. The Morgan fingerprint density at radius 1 is 1.07 bits per heavy atom. The summed E-state index contributed by atoms with van der Waals surface area (Å²) in [5.41, 5.74) is 2.65. The molecule has 2 heterocycles. The third kappa shape index (κ3) is 3.84. The zero-order valence-electron chi connectivity index (χ0n) is 14.8. The molecule has 3 aromatic rings. The molecule has 8 heteroatoms. The number of rotatable bonds is 4. The summed E-state index contributed by atoms with van der Waals surface area (Å²) in [4.78, 5) is 13.1. The smallest absolute Gasteiger partial charge is 0.265 e. The largest absolute Gasteiger partial charge is 0.321 e. The van der Waals surface area contributed by atoms with Gasteiger partial charge in [0.1, 0.15) is 0 Å². The van der Waals surface area contributed by atoms with Crippen LogP contribution in [0.3, 0.4) is 0 Å². The standard InChI is InChI=1S/C20H17ClN2O3S2/c21-16-4-7-18(8-5-16)28(25,26)23-10-9-14-3-6-17(12-15(14)13-23)22-20(24)19-2-1-11-27-19/h1-8,11-12H,9-10,13H2,(H,22,24). The summed E-state index contributed by atoms with van der Waals surface area (Å²) in [7, 11) is -3.60. The topological polar surface area (TPSA) is 66.5 Å². The molecular weight excluding hydrogens is 416 g/mol. The average molecular weight is 433 g/mol. The Hall–Kier alpha value is -2.19. The first kappa shape index (κ1) is 19.1. The van der Waals surface area contributed by atoms with Crippen LogP contribution < -0.4 is 5.32 Å². The van der Waals surface area contributed by atoms with Crippen molar-refractivity contribution >= 4 is 44.6 Å². The van der Waals surface area contributed by atoms with Crippen molar-refractivity contribution in [2.24, 2.45) is 0 Å². The van der Waals surface area contributed by atoms with E-state index >= 15 is 0 Å². The molecule has 0 bridgehead atoms. The van der Waals surface area contributed by atoms with Crippen LogP contribution in [0.15, 0.2) is 64.9 Å². The van der Waals surface area contributed by atoms with Crippen molar-refractivity contribution in [1.82, 2.24) is 4.31 Å². The van der Waals surface area contributed by atoms with Crippen LogP contribution >= 0.6 is 22.9 Å². The van der Waals surface area contributed by atoms with E-state index in [0.29, 0.717) is 28.6 Å². The summed E-state index contributed by atoms with van der Waals surface area (Å²) in [6, 6.07) is 15.4. The van der Waals surface area contributed by atoms with Crippen LogP contribution in [0.4, 0.5) is 5.69 Å². The second-order valence-electron chi connectivity index (χ2n) is 6.46. The number of nitrogens with zero attached hydrogens (tertiary/aromatic N) is 1. The molecule has 4 rings (SSSR count). The van der Waals surface area contributed by atoms with Crippen LogP contribution in [-0.2, 0) is 23.0 Å². The van der Waals surface area contributed by atoms with Gasteiger partial charge in [0.2, 0.25) is 10.0 Å². The van der Waals surface area contributed by atoms with Crippen molar-refractivity contribution in [2.45, 2.75) is 17.9 Å². The van der Waals surface area contributed by atoms with Gasteiger partial charge in [0.25, 0.3) is 5.91 Å². The van der Waals surface area contributed by atoms with E-state index in [4.69, 9.17) is 11.6 Å². The number of fused-ring (bicyclic) bond motifs is 1. The molecule has 0 saturated heterocycles. The number of halogens is 1. The van der Waals surface area contributed by atoms with Crippen molar-refractivity contribution in [3.8, 4) is 0 Å². The molecular formula is C20H17ClN2O3S2. The van der Waals surface area contributed by atoms with Crippen molar-refractivity contribution in [1.29, 1.82) is 0 Å². The zero-order valence-corrected chi connectivity index (χ0v) is 17.2. The molecule has 5 nitrogen and oxygen atoms in total. The van der Waals surface area contributed by atoms with Crippen LogP contribution in [0.1, 0.15) is 20.8 Å². The highest BCUT2D eigenvalue weighted by atomic mass is 35.5. The van der Waals surface area contributed by atoms with Crippen molar-refractivity contribution in [3.63, 3.8) is 0 Å². The molecule has 0 atom stereocenters. The molecule has 1 aromatic heterocycles. The maximum atomic E-state index is 12.9. The fraction of sp³-hybridized carbons (Fsp3) is 0.150. The van der Waals surface area contributed by atoms with Crippen LogP contribution in [-0.4, -0.2) is 25.2 Å². The molecule has 0 spiro atoms. The lowest BCUT2D eigenvalue weighted by Gasteiger charge is -2.28. The van der Waals surface area contributed by atoms with E-state index < -0.39 is 10.0 Å². The second-order valence-corrected chi connectivity index (χ2v) is 9.78. The molecule has 1 aliphatic heterocycles. The number of carbonyl (C=O) groups is 1. The Labute approximate surface area is 172 Å². The minimum absolute atomic E-state index is 0.170. The number of benzene rings is 2. The quantitative estimate of drug-likeness (QED) is 0.664. The van der Waals surface area contributed by atoms with E-state index in [-0.39, 0.29) is 17.3 Å². The Morgan fingerprint density at radius 2 is 1.86 bits per heavy atom. The summed E-state index contributed by atoms with van der Waals surface area (Å²) in [5.74, 6) is -0.170. The summed E-state index contributed by atoms with van der Waals surface area (Å²) >= 11 is 7.24. The van der Waals surface area contributed by atoms with Crippen molar-refractivity contribution < 1.29 is 13.2 Å². The summed E-state index contributed by atoms with van der Waals surface area (Å²) in [6.45, 7) is 0.682. The first-order chi connectivity index (χ1) is 13.4. The van der Waals surface area contributed by atoms with Gasteiger partial charge in [-0.2, -0.15) is 4.31 Å². The highest BCUT2D eigenvalue weighted by molar-refractivity contribution is 7.89. The van der Waals surface area contributed by atoms with E-state index in [1.807, 2.05) is 29.6 Å². The van der Waals surface area contributed by atoms with E-state index in [2.05, 4.69) is 5.32 Å². The van der Waals surface area contributed by atoms with Gasteiger partial charge >= 0.3 is 0 Å². The number of amides is 1. The predicted molar refractivity (Wildman–Crippen MR) is 111 cm³/mol. The third-order valence-electron chi connectivity index (χ3n) is 4.64. The highest BCUT2D eigenvalue weighted by Crippen LogP contribution is 2.28. The molecule has 144 valence electrons. The second kappa shape index (κ2) is 7.67. The predicted octanol–water partition coefficient (Wildman–Crippen LogP) is 4.40. The number of hydrogen-bond donors (Lipinski definition) is 1. The Morgan fingerprint density at radius 3 is 2.57 bits per heavy atom. The van der Waals surface area contributed by atoms with Crippen LogP contribution in [0, 0.1) is 0 Å². The Bertz CT molecular complexity index is 1110. The first-order valence-corrected chi connectivity index (χ1v) is 11.4. The van der Waals surface area contributed by atoms with Crippen LogP contribution in [0.5, 0.6) is 0 Å². The van der Waals surface area contributed by atoms with Crippen LogP contribution in [0.25, 0.3) is 0 Å². The third-order valence-corrected chi connectivity index (χ3v) is 7.62. The fourth-order valence-corrected chi connectivity index (χ4v) is 5.33. The molecule has 1 aliphatic rings. The van der Waals surface area contributed by atoms with Gasteiger partial charge in [-0.25, -0.2) is 8.42 Å². The normalized spacial score (nSPS) is 14.5. The number of thiophene rings is 1. The number of anilines is 1. The van der Waals surface area contributed by atoms with Crippen LogP contribution in [0.2, 0.25) is 5.02 Å².